The first kappa shape index (κ1) is 16.9. The highest BCUT2D eigenvalue weighted by Crippen LogP contribution is 2.32. The molecule has 0 fully saturated rings. The van der Waals surface area contributed by atoms with E-state index < -0.39 is 0 Å². The number of aromatic nitrogens is 2. The van der Waals surface area contributed by atoms with E-state index in [4.69, 9.17) is 18.7 Å². The molecule has 0 saturated heterocycles. The molecule has 1 amide bonds. The normalized spacial score (nSPS) is 12.5. The first-order valence-corrected chi connectivity index (χ1v) is 8.40. The molecule has 0 unspecified atom stereocenters. The van der Waals surface area contributed by atoms with Crippen molar-refractivity contribution in [3.8, 4) is 17.2 Å². The Kier molecular flexibility index (Phi) is 4.61. The quantitative estimate of drug-likeness (QED) is 0.740. The molecule has 4 rings (SSSR count). The Morgan fingerprint density at radius 2 is 1.89 bits per heavy atom. The smallest absolute Gasteiger partial charge is 0.255 e. The van der Waals surface area contributed by atoms with Crippen molar-refractivity contribution in [1.29, 1.82) is 0 Å². The summed E-state index contributed by atoms with van der Waals surface area (Å²) < 4.78 is 21.5. The molecule has 8 nitrogen and oxygen atoms in total. The number of hydrogen-bond donors (Lipinski definition) is 1. The minimum atomic E-state index is -0.230. The topological polar surface area (TPSA) is 95.7 Å². The zero-order chi connectivity index (χ0) is 18.6. The fourth-order valence-electron chi connectivity index (χ4n) is 2.57. The van der Waals surface area contributed by atoms with Crippen LogP contribution < -0.4 is 19.5 Å². The van der Waals surface area contributed by atoms with Gasteiger partial charge in [-0.1, -0.05) is 5.16 Å². The highest BCUT2D eigenvalue weighted by Gasteiger charge is 2.13. The predicted molar refractivity (Wildman–Crippen MR) is 95.2 cm³/mol. The van der Waals surface area contributed by atoms with E-state index in [-0.39, 0.29) is 12.5 Å². The van der Waals surface area contributed by atoms with E-state index in [0.717, 1.165) is 0 Å². The van der Waals surface area contributed by atoms with E-state index in [1.807, 2.05) is 0 Å². The second-order valence-electron chi connectivity index (χ2n) is 5.86. The Hall–Kier alpha value is -3.55. The fourth-order valence-corrected chi connectivity index (χ4v) is 2.57. The molecule has 0 aliphatic carbocycles. The Labute approximate surface area is 155 Å². The predicted octanol–water partition coefficient (Wildman–Crippen LogP) is 2.98. The molecule has 27 heavy (non-hydrogen) atoms. The number of rotatable bonds is 5. The summed E-state index contributed by atoms with van der Waals surface area (Å²) in [6.45, 7) is 2.93. The van der Waals surface area contributed by atoms with Crippen molar-refractivity contribution >= 4 is 11.6 Å². The molecule has 8 heteroatoms. The lowest BCUT2D eigenvalue weighted by Crippen LogP contribution is -2.16. The zero-order valence-corrected chi connectivity index (χ0v) is 14.6. The number of aryl methyl sites for hydroxylation is 1. The monoisotopic (exact) mass is 367 g/mol. The van der Waals surface area contributed by atoms with Crippen LogP contribution in [0.4, 0.5) is 5.69 Å². The number of amides is 1. The second-order valence-corrected chi connectivity index (χ2v) is 5.86. The number of hydrogen-bond acceptors (Lipinski definition) is 7. The van der Waals surface area contributed by atoms with Crippen molar-refractivity contribution in [2.24, 2.45) is 0 Å². The average Bonchev–Trinajstić information content (AvgIpc) is 3.12. The Morgan fingerprint density at radius 3 is 2.63 bits per heavy atom. The third-order valence-corrected chi connectivity index (χ3v) is 3.85. The summed E-state index contributed by atoms with van der Waals surface area (Å²) in [5, 5.41) is 6.60. The van der Waals surface area contributed by atoms with Crippen LogP contribution >= 0.6 is 0 Å². The molecular weight excluding hydrogens is 350 g/mol. The molecule has 0 bridgehead atoms. The van der Waals surface area contributed by atoms with Gasteiger partial charge in [-0.3, -0.25) is 4.79 Å². The van der Waals surface area contributed by atoms with Gasteiger partial charge in [0.25, 0.3) is 5.91 Å². The highest BCUT2D eigenvalue weighted by molar-refractivity contribution is 6.04. The molecule has 2 aromatic carbocycles. The lowest BCUT2D eigenvalue weighted by molar-refractivity contribution is 0.102. The van der Waals surface area contributed by atoms with E-state index in [9.17, 15) is 4.79 Å². The van der Waals surface area contributed by atoms with Gasteiger partial charge in [0, 0.05) is 24.2 Å². The molecular formula is C19H17N3O5. The number of carbonyl (C=O) groups is 1. The molecule has 1 aliphatic rings. The molecule has 0 saturated carbocycles. The van der Waals surface area contributed by atoms with Crippen LogP contribution in [-0.2, 0) is 6.61 Å². The summed E-state index contributed by atoms with van der Waals surface area (Å²) in [6.07, 6.45) is 0. The maximum Gasteiger partial charge on any atom is 0.255 e. The van der Waals surface area contributed by atoms with Gasteiger partial charge in [0.1, 0.15) is 19.0 Å². The van der Waals surface area contributed by atoms with Gasteiger partial charge in [0.05, 0.1) is 0 Å². The molecule has 0 atom stereocenters. The second kappa shape index (κ2) is 7.36. The van der Waals surface area contributed by atoms with Crippen LogP contribution in [0.2, 0.25) is 0 Å². The van der Waals surface area contributed by atoms with Gasteiger partial charge >= 0.3 is 0 Å². The van der Waals surface area contributed by atoms with Crippen molar-refractivity contribution in [2.45, 2.75) is 13.5 Å². The van der Waals surface area contributed by atoms with Crippen molar-refractivity contribution < 1.29 is 23.5 Å². The van der Waals surface area contributed by atoms with Crippen LogP contribution in [0.25, 0.3) is 0 Å². The van der Waals surface area contributed by atoms with Crippen molar-refractivity contribution in [1.82, 2.24) is 10.1 Å². The summed E-state index contributed by atoms with van der Waals surface area (Å²) in [5.41, 5.74) is 1.14. The van der Waals surface area contributed by atoms with Gasteiger partial charge < -0.3 is 24.1 Å². The summed E-state index contributed by atoms with van der Waals surface area (Å²) in [7, 11) is 0. The fraction of sp³-hybridized carbons (Fsp3) is 0.211. The number of benzene rings is 2. The molecule has 1 N–H and O–H groups in total. The van der Waals surface area contributed by atoms with Crippen LogP contribution in [0.15, 0.2) is 47.0 Å². The number of anilines is 1. The third-order valence-electron chi connectivity index (χ3n) is 3.85. The van der Waals surface area contributed by atoms with Gasteiger partial charge in [0.2, 0.25) is 11.7 Å². The first-order valence-electron chi connectivity index (χ1n) is 8.40. The summed E-state index contributed by atoms with van der Waals surface area (Å²) in [5.74, 6) is 2.63. The minimum Gasteiger partial charge on any atom is -0.486 e. The molecule has 138 valence electrons. The summed E-state index contributed by atoms with van der Waals surface area (Å²) >= 11 is 0. The Bertz CT molecular complexity index is 952. The van der Waals surface area contributed by atoms with E-state index in [1.165, 1.54) is 0 Å². The number of carbonyl (C=O) groups excluding carboxylic acids is 1. The van der Waals surface area contributed by atoms with Crippen molar-refractivity contribution in [3.05, 3.63) is 59.7 Å². The third kappa shape index (κ3) is 4.00. The largest absolute Gasteiger partial charge is 0.486 e. The molecule has 0 spiro atoms. The van der Waals surface area contributed by atoms with Gasteiger partial charge in [-0.15, -0.1) is 0 Å². The summed E-state index contributed by atoms with van der Waals surface area (Å²) in [6, 6.07) is 12.1. The van der Waals surface area contributed by atoms with Crippen LogP contribution in [-0.4, -0.2) is 29.3 Å². The number of fused-ring (bicyclic) bond motifs is 1. The van der Waals surface area contributed by atoms with E-state index in [0.29, 0.717) is 53.4 Å². The SMILES string of the molecule is Cc1nc(COc2ccc(C(=O)Nc3ccc4c(c3)OCCO4)cc2)no1. The molecule has 2 heterocycles. The van der Waals surface area contributed by atoms with Gasteiger partial charge in [-0.2, -0.15) is 4.98 Å². The van der Waals surface area contributed by atoms with E-state index in [2.05, 4.69) is 15.5 Å². The van der Waals surface area contributed by atoms with Crippen molar-refractivity contribution in [2.75, 3.05) is 18.5 Å². The highest BCUT2D eigenvalue weighted by atomic mass is 16.6. The molecule has 3 aromatic rings. The lowest BCUT2D eigenvalue weighted by atomic mass is 10.2. The van der Waals surface area contributed by atoms with E-state index >= 15 is 0 Å². The lowest BCUT2D eigenvalue weighted by Gasteiger charge is -2.19. The minimum absolute atomic E-state index is 0.195. The van der Waals surface area contributed by atoms with Crippen LogP contribution in [0.5, 0.6) is 17.2 Å². The standard InChI is InChI=1S/C19H17N3O5/c1-12-20-18(22-27-12)11-26-15-5-2-13(3-6-15)19(23)21-14-4-7-16-17(10-14)25-9-8-24-16/h2-7,10H,8-9,11H2,1H3,(H,21,23). The number of nitrogens with zero attached hydrogens (tertiary/aromatic N) is 2. The number of ether oxygens (including phenoxy) is 3. The van der Waals surface area contributed by atoms with Gasteiger partial charge in [-0.05, 0) is 36.4 Å². The van der Waals surface area contributed by atoms with E-state index in [1.54, 1.807) is 49.4 Å². The molecule has 1 aromatic heterocycles. The van der Waals surface area contributed by atoms with Gasteiger partial charge in [0.15, 0.2) is 18.1 Å². The van der Waals surface area contributed by atoms with Gasteiger partial charge in [-0.25, -0.2) is 0 Å². The molecule has 0 radical (unpaired) electrons. The molecule has 1 aliphatic heterocycles. The van der Waals surface area contributed by atoms with Crippen LogP contribution in [0.1, 0.15) is 22.1 Å². The maximum absolute atomic E-state index is 12.4. The Morgan fingerprint density at radius 1 is 1.11 bits per heavy atom. The average molecular weight is 367 g/mol. The van der Waals surface area contributed by atoms with Crippen molar-refractivity contribution in [3.63, 3.8) is 0 Å². The maximum atomic E-state index is 12.4. The first-order chi connectivity index (χ1) is 13.2. The Balaban J connectivity index is 1.37. The summed E-state index contributed by atoms with van der Waals surface area (Å²) in [4.78, 5) is 16.5. The van der Waals surface area contributed by atoms with Crippen LogP contribution in [0.3, 0.4) is 0 Å². The zero-order valence-electron chi connectivity index (χ0n) is 14.6. The van der Waals surface area contributed by atoms with Crippen LogP contribution in [0, 0.1) is 6.92 Å². The number of nitrogens with one attached hydrogen (secondary N) is 1.